The first-order valence-electron chi connectivity index (χ1n) is 4.70. The van der Waals surface area contributed by atoms with Gasteiger partial charge in [-0.2, -0.15) is 0 Å². The number of rotatable bonds is 4. The Morgan fingerprint density at radius 1 is 1.00 bits per heavy atom. The first-order chi connectivity index (χ1) is 5.04. The Balaban J connectivity index is 3.53. The third-order valence-corrected chi connectivity index (χ3v) is 2.17. The van der Waals surface area contributed by atoms with E-state index in [4.69, 9.17) is 0 Å². The van der Waals surface area contributed by atoms with Gasteiger partial charge >= 0.3 is 0 Å². The molecule has 0 heteroatoms. The highest BCUT2D eigenvalue weighted by Crippen LogP contribution is 2.14. The van der Waals surface area contributed by atoms with E-state index < -0.39 is 0 Å². The highest BCUT2D eigenvalue weighted by molar-refractivity contribution is 4.86. The molecule has 0 amide bonds. The quantitative estimate of drug-likeness (QED) is 0.539. The molecule has 0 aliphatic carbocycles. The molecule has 0 aromatic rings. The number of hydrogen-bond donors (Lipinski definition) is 0. The molecule has 0 radical (unpaired) electrons. The molecular weight excluding hydrogens is 132 g/mol. The van der Waals surface area contributed by atoms with Crippen LogP contribution in [0, 0.1) is 17.8 Å². The normalized spacial score (nSPS) is 15.2. The Morgan fingerprint density at radius 2 is 1.55 bits per heavy atom. The van der Waals surface area contributed by atoms with Gasteiger partial charge in [0, 0.05) is 0 Å². The summed E-state index contributed by atoms with van der Waals surface area (Å²) >= 11 is 0. The van der Waals surface area contributed by atoms with Crippen LogP contribution in [-0.2, 0) is 0 Å². The lowest BCUT2D eigenvalue weighted by Gasteiger charge is -2.12. The van der Waals surface area contributed by atoms with Crippen LogP contribution in [0.3, 0.4) is 0 Å². The van der Waals surface area contributed by atoms with Gasteiger partial charge in [-0.15, -0.1) is 0 Å². The summed E-state index contributed by atoms with van der Waals surface area (Å²) in [5.74, 6) is 2.34. The van der Waals surface area contributed by atoms with E-state index in [1.165, 1.54) is 6.42 Å². The average Bonchev–Trinajstić information content (AvgIpc) is 1.86. The van der Waals surface area contributed by atoms with E-state index in [0.717, 1.165) is 11.8 Å². The molecule has 0 bridgehead atoms. The minimum Gasteiger partial charge on any atom is -0.0880 e. The molecule has 0 aromatic carbocycles. The van der Waals surface area contributed by atoms with E-state index in [-0.39, 0.29) is 0 Å². The topological polar surface area (TPSA) is 0 Å². The highest BCUT2D eigenvalue weighted by atomic mass is 14.1. The lowest BCUT2D eigenvalue weighted by molar-refractivity contribution is 0.423. The van der Waals surface area contributed by atoms with Crippen LogP contribution in [0.25, 0.3) is 0 Å². The number of hydrogen-bond acceptors (Lipinski definition) is 0. The van der Waals surface area contributed by atoms with Gasteiger partial charge in [0.05, 0.1) is 0 Å². The summed E-state index contributed by atoms with van der Waals surface area (Å²) in [5, 5.41) is 0. The van der Waals surface area contributed by atoms with Crippen molar-refractivity contribution in [3.05, 3.63) is 12.2 Å². The minimum absolute atomic E-state index is 0.703. The molecule has 0 unspecified atom stereocenters. The van der Waals surface area contributed by atoms with Crippen LogP contribution in [-0.4, -0.2) is 0 Å². The minimum atomic E-state index is 0.703. The van der Waals surface area contributed by atoms with E-state index in [1.54, 1.807) is 0 Å². The molecule has 0 rings (SSSR count). The summed E-state index contributed by atoms with van der Waals surface area (Å²) in [4.78, 5) is 0. The highest BCUT2D eigenvalue weighted by Gasteiger charge is 2.03. The van der Waals surface area contributed by atoms with Crippen LogP contribution in [0.15, 0.2) is 12.2 Å². The molecule has 0 aliphatic heterocycles. The van der Waals surface area contributed by atoms with Crippen molar-refractivity contribution < 1.29 is 0 Å². The Labute approximate surface area is 71.7 Å². The third kappa shape index (κ3) is 6.15. The summed E-state index contributed by atoms with van der Waals surface area (Å²) in [6.45, 7) is 11.3. The van der Waals surface area contributed by atoms with Crippen molar-refractivity contribution in [1.29, 1.82) is 0 Å². The lowest BCUT2D eigenvalue weighted by atomic mass is 9.94. The van der Waals surface area contributed by atoms with E-state index in [0.29, 0.717) is 5.92 Å². The monoisotopic (exact) mass is 154 g/mol. The molecule has 0 fully saturated rings. The average molecular weight is 154 g/mol. The van der Waals surface area contributed by atoms with Crippen molar-refractivity contribution in [2.75, 3.05) is 0 Å². The Kier molecular flexibility index (Phi) is 5.27. The van der Waals surface area contributed by atoms with Gasteiger partial charge in [0.15, 0.2) is 0 Å². The van der Waals surface area contributed by atoms with E-state index in [9.17, 15) is 0 Å². The maximum absolute atomic E-state index is 2.31. The molecule has 0 spiro atoms. The van der Waals surface area contributed by atoms with Gasteiger partial charge in [-0.1, -0.05) is 46.8 Å². The molecular formula is C11H22. The molecule has 0 aromatic heterocycles. The smallest absolute Gasteiger partial charge is 0.0290 e. The maximum atomic E-state index is 2.31. The fraction of sp³-hybridized carbons (Fsp3) is 0.818. The fourth-order valence-corrected chi connectivity index (χ4v) is 0.838. The predicted octanol–water partition coefficient (Wildman–Crippen LogP) is 3.88. The summed E-state index contributed by atoms with van der Waals surface area (Å²) in [6.07, 6.45) is 5.84. The lowest BCUT2D eigenvalue weighted by Crippen LogP contribution is -2.01. The van der Waals surface area contributed by atoms with Crippen molar-refractivity contribution >= 4 is 0 Å². The van der Waals surface area contributed by atoms with E-state index >= 15 is 0 Å². The first kappa shape index (κ1) is 10.7. The van der Waals surface area contributed by atoms with Gasteiger partial charge < -0.3 is 0 Å². The molecule has 0 nitrogen and oxygen atoms in total. The standard InChI is InChI=1S/C11H22/c1-9(2)7-6-8-11(5)10(3)4/h6-7,9-11H,8H2,1-5H3/b7-6+/t11-/m0/s1. The largest absolute Gasteiger partial charge is 0.0880 e. The molecule has 1 atom stereocenters. The van der Waals surface area contributed by atoms with Crippen LogP contribution in [0.2, 0.25) is 0 Å². The van der Waals surface area contributed by atoms with Gasteiger partial charge in [0.1, 0.15) is 0 Å². The van der Waals surface area contributed by atoms with Crippen molar-refractivity contribution in [1.82, 2.24) is 0 Å². The first-order valence-corrected chi connectivity index (χ1v) is 4.70. The Morgan fingerprint density at radius 3 is 1.91 bits per heavy atom. The summed E-state index contributed by atoms with van der Waals surface area (Å²) < 4.78 is 0. The third-order valence-electron chi connectivity index (χ3n) is 2.17. The summed E-state index contributed by atoms with van der Waals surface area (Å²) in [7, 11) is 0. The Bertz CT molecular complexity index is 109. The van der Waals surface area contributed by atoms with Crippen LogP contribution in [0.4, 0.5) is 0 Å². The van der Waals surface area contributed by atoms with Crippen molar-refractivity contribution in [3.8, 4) is 0 Å². The Hall–Kier alpha value is -0.260. The second-order valence-electron chi connectivity index (χ2n) is 4.13. The second kappa shape index (κ2) is 5.40. The zero-order valence-corrected chi connectivity index (χ0v) is 8.59. The maximum Gasteiger partial charge on any atom is -0.0290 e. The van der Waals surface area contributed by atoms with Gasteiger partial charge in [-0.05, 0) is 24.2 Å². The zero-order chi connectivity index (χ0) is 8.85. The van der Waals surface area contributed by atoms with E-state index in [2.05, 4.69) is 46.8 Å². The zero-order valence-electron chi connectivity index (χ0n) is 8.59. The van der Waals surface area contributed by atoms with Crippen LogP contribution < -0.4 is 0 Å². The van der Waals surface area contributed by atoms with Crippen LogP contribution in [0.5, 0.6) is 0 Å². The molecule has 11 heavy (non-hydrogen) atoms. The molecule has 0 saturated carbocycles. The molecule has 0 heterocycles. The fourth-order valence-electron chi connectivity index (χ4n) is 0.838. The van der Waals surface area contributed by atoms with Gasteiger partial charge in [0.2, 0.25) is 0 Å². The molecule has 0 saturated heterocycles. The van der Waals surface area contributed by atoms with Crippen LogP contribution >= 0.6 is 0 Å². The van der Waals surface area contributed by atoms with Crippen molar-refractivity contribution in [2.24, 2.45) is 17.8 Å². The second-order valence-corrected chi connectivity index (χ2v) is 4.13. The number of allylic oxidation sites excluding steroid dienone is 2. The van der Waals surface area contributed by atoms with Crippen molar-refractivity contribution in [2.45, 2.75) is 41.0 Å². The summed E-state index contributed by atoms with van der Waals surface area (Å²) in [6, 6.07) is 0. The SMILES string of the molecule is CC(C)/C=C/C[C@H](C)C(C)C. The molecule has 0 aliphatic rings. The van der Waals surface area contributed by atoms with Crippen LogP contribution in [0.1, 0.15) is 41.0 Å². The molecule has 0 N–H and O–H groups in total. The predicted molar refractivity (Wildman–Crippen MR) is 52.6 cm³/mol. The van der Waals surface area contributed by atoms with Gasteiger partial charge in [0.25, 0.3) is 0 Å². The van der Waals surface area contributed by atoms with E-state index in [1.807, 2.05) is 0 Å². The summed E-state index contributed by atoms with van der Waals surface area (Å²) in [5.41, 5.74) is 0. The molecule has 66 valence electrons. The van der Waals surface area contributed by atoms with Gasteiger partial charge in [-0.25, -0.2) is 0 Å². The van der Waals surface area contributed by atoms with Gasteiger partial charge in [-0.3, -0.25) is 0 Å². The van der Waals surface area contributed by atoms with Crippen molar-refractivity contribution in [3.63, 3.8) is 0 Å².